The highest BCUT2D eigenvalue weighted by atomic mass is 32.1. The van der Waals surface area contributed by atoms with Crippen molar-refractivity contribution in [1.82, 2.24) is 4.98 Å². The van der Waals surface area contributed by atoms with E-state index < -0.39 is 5.41 Å². The van der Waals surface area contributed by atoms with Crippen LogP contribution in [0.3, 0.4) is 0 Å². The van der Waals surface area contributed by atoms with Gasteiger partial charge < -0.3 is 4.74 Å². The molecule has 134 valence electrons. The number of hydrogen-bond acceptors (Lipinski definition) is 4. The Morgan fingerprint density at radius 2 is 1.85 bits per heavy atom. The monoisotopic (exact) mass is 370 g/mol. The molecule has 1 aromatic heterocycles. The van der Waals surface area contributed by atoms with E-state index in [9.17, 15) is 9.18 Å². The second-order valence-corrected chi connectivity index (χ2v) is 7.54. The van der Waals surface area contributed by atoms with Crippen molar-refractivity contribution in [2.45, 2.75) is 18.3 Å². The Kier molecular flexibility index (Phi) is 4.46. The molecule has 0 spiro atoms. The van der Waals surface area contributed by atoms with E-state index in [-0.39, 0.29) is 11.7 Å². The molecule has 4 rings (SSSR count). The van der Waals surface area contributed by atoms with Gasteiger partial charge in [0.1, 0.15) is 5.82 Å². The third-order valence-corrected chi connectivity index (χ3v) is 6.14. The third kappa shape index (κ3) is 2.89. The number of rotatable bonds is 3. The standard InChI is InChI=1S/C20H19FN2O2S/c1-23(19-22-16-4-2-3-5-17(16)26-19)18(24)20(10-12-25-13-11-20)14-6-8-15(21)9-7-14/h2-9H,10-13H2,1H3. The van der Waals surface area contributed by atoms with Crippen molar-refractivity contribution in [2.75, 3.05) is 25.2 Å². The van der Waals surface area contributed by atoms with E-state index in [4.69, 9.17) is 4.74 Å². The smallest absolute Gasteiger partial charge is 0.239 e. The van der Waals surface area contributed by atoms with Crippen LogP contribution < -0.4 is 4.90 Å². The number of carbonyl (C=O) groups excluding carboxylic acids is 1. The summed E-state index contributed by atoms with van der Waals surface area (Å²) in [4.78, 5) is 19.8. The summed E-state index contributed by atoms with van der Waals surface area (Å²) in [6, 6.07) is 14.1. The number of para-hydroxylation sites is 1. The predicted molar refractivity (Wildman–Crippen MR) is 101 cm³/mol. The van der Waals surface area contributed by atoms with E-state index in [1.165, 1.54) is 23.5 Å². The summed E-state index contributed by atoms with van der Waals surface area (Å²) >= 11 is 1.50. The first-order valence-electron chi connectivity index (χ1n) is 8.58. The van der Waals surface area contributed by atoms with Crippen molar-refractivity contribution in [3.63, 3.8) is 0 Å². The summed E-state index contributed by atoms with van der Waals surface area (Å²) < 4.78 is 19.9. The maximum atomic E-state index is 13.5. The first-order valence-corrected chi connectivity index (χ1v) is 9.39. The zero-order valence-corrected chi connectivity index (χ0v) is 15.3. The lowest BCUT2D eigenvalue weighted by molar-refractivity contribution is -0.127. The van der Waals surface area contributed by atoms with Crippen LogP contribution >= 0.6 is 11.3 Å². The fourth-order valence-electron chi connectivity index (χ4n) is 3.53. The Balaban J connectivity index is 1.72. The minimum atomic E-state index is -0.710. The third-order valence-electron chi connectivity index (χ3n) is 5.03. The number of benzene rings is 2. The van der Waals surface area contributed by atoms with Crippen LogP contribution in [0.5, 0.6) is 0 Å². The number of likely N-dealkylation sites (N-methyl/N-ethyl adjacent to an activating group) is 1. The van der Waals surface area contributed by atoms with Gasteiger partial charge in [-0.15, -0.1) is 0 Å². The lowest BCUT2D eigenvalue weighted by Crippen LogP contribution is -2.48. The molecule has 2 aromatic carbocycles. The van der Waals surface area contributed by atoms with Crippen molar-refractivity contribution in [1.29, 1.82) is 0 Å². The normalized spacial score (nSPS) is 16.5. The highest BCUT2D eigenvalue weighted by Gasteiger charge is 2.44. The molecule has 0 atom stereocenters. The molecule has 1 amide bonds. The van der Waals surface area contributed by atoms with Gasteiger partial charge in [-0.2, -0.15) is 0 Å². The Bertz CT molecular complexity index is 899. The van der Waals surface area contributed by atoms with E-state index in [0.29, 0.717) is 31.2 Å². The minimum absolute atomic E-state index is 0.0218. The van der Waals surface area contributed by atoms with Gasteiger partial charge in [-0.05, 0) is 42.7 Å². The van der Waals surface area contributed by atoms with Crippen molar-refractivity contribution in [3.8, 4) is 0 Å². The van der Waals surface area contributed by atoms with Crippen LogP contribution in [-0.2, 0) is 14.9 Å². The van der Waals surface area contributed by atoms with Crippen LogP contribution in [-0.4, -0.2) is 31.2 Å². The Morgan fingerprint density at radius 3 is 2.54 bits per heavy atom. The van der Waals surface area contributed by atoms with Crippen LogP contribution in [0.2, 0.25) is 0 Å². The van der Waals surface area contributed by atoms with Crippen LogP contribution in [0, 0.1) is 5.82 Å². The maximum Gasteiger partial charge on any atom is 0.239 e. The molecule has 1 aliphatic rings. The number of thiazole rings is 1. The molecule has 3 aromatic rings. The van der Waals surface area contributed by atoms with Gasteiger partial charge in [-0.3, -0.25) is 9.69 Å². The minimum Gasteiger partial charge on any atom is -0.381 e. The average molecular weight is 370 g/mol. The SMILES string of the molecule is CN(C(=O)C1(c2ccc(F)cc2)CCOCC1)c1nc2ccccc2s1. The van der Waals surface area contributed by atoms with Crippen molar-refractivity contribution in [3.05, 3.63) is 59.9 Å². The first-order chi connectivity index (χ1) is 12.6. The van der Waals surface area contributed by atoms with Crippen molar-refractivity contribution >= 4 is 32.6 Å². The molecular formula is C20H19FN2O2S. The molecule has 0 saturated carbocycles. The number of anilines is 1. The Morgan fingerprint density at radius 1 is 1.15 bits per heavy atom. The van der Waals surface area contributed by atoms with E-state index >= 15 is 0 Å². The summed E-state index contributed by atoms with van der Waals surface area (Å²) in [7, 11) is 1.76. The molecule has 2 heterocycles. The summed E-state index contributed by atoms with van der Waals surface area (Å²) in [6.07, 6.45) is 1.15. The second-order valence-electron chi connectivity index (χ2n) is 6.53. The van der Waals surface area contributed by atoms with Crippen LogP contribution in [0.25, 0.3) is 10.2 Å². The average Bonchev–Trinajstić information content (AvgIpc) is 3.12. The fourth-order valence-corrected chi connectivity index (χ4v) is 4.45. The maximum absolute atomic E-state index is 13.5. The van der Waals surface area contributed by atoms with Crippen molar-refractivity contribution in [2.24, 2.45) is 0 Å². The van der Waals surface area contributed by atoms with Gasteiger partial charge in [-0.25, -0.2) is 9.37 Å². The molecule has 4 nitrogen and oxygen atoms in total. The fraction of sp³-hybridized carbons (Fsp3) is 0.300. The summed E-state index contributed by atoms with van der Waals surface area (Å²) in [5.74, 6) is -0.325. The molecule has 0 unspecified atom stereocenters. The molecule has 1 fully saturated rings. The Hall–Kier alpha value is -2.31. The molecule has 1 aliphatic heterocycles. The lowest BCUT2D eigenvalue weighted by atomic mass is 9.73. The Labute approximate surface area is 155 Å². The summed E-state index contributed by atoms with van der Waals surface area (Å²) in [6.45, 7) is 1.02. The molecule has 0 radical (unpaired) electrons. The largest absolute Gasteiger partial charge is 0.381 e. The number of halogens is 1. The summed E-state index contributed by atoms with van der Waals surface area (Å²) in [5, 5.41) is 0.671. The van der Waals surface area contributed by atoms with Gasteiger partial charge in [0.2, 0.25) is 5.91 Å². The molecule has 6 heteroatoms. The first kappa shape index (κ1) is 17.1. The second kappa shape index (κ2) is 6.78. The number of amides is 1. The number of carbonyl (C=O) groups is 1. The van der Waals surface area contributed by atoms with Gasteiger partial charge in [0, 0.05) is 20.3 Å². The quantitative estimate of drug-likeness (QED) is 0.696. The molecule has 0 aliphatic carbocycles. The lowest BCUT2D eigenvalue weighted by Gasteiger charge is -2.38. The van der Waals surface area contributed by atoms with E-state index in [1.807, 2.05) is 24.3 Å². The predicted octanol–water partition coefficient (Wildman–Crippen LogP) is 4.15. The molecule has 26 heavy (non-hydrogen) atoms. The molecule has 1 saturated heterocycles. The van der Waals surface area contributed by atoms with Gasteiger partial charge in [0.05, 0.1) is 15.6 Å². The van der Waals surface area contributed by atoms with Crippen molar-refractivity contribution < 1.29 is 13.9 Å². The highest BCUT2D eigenvalue weighted by Crippen LogP contribution is 2.39. The number of fused-ring (bicyclic) bond motifs is 1. The zero-order chi connectivity index (χ0) is 18.1. The molecule has 0 N–H and O–H groups in total. The number of aromatic nitrogens is 1. The van der Waals surface area contributed by atoms with E-state index in [0.717, 1.165) is 15.8 Å². The number of nitrogens with zero attached hydrogens (tertiary/aromatic N) is 2. The van der Waals surface area contributed by atoms with Gasteiger partial charge in [0.15, 0.2) is 5.13 Å². The van der Waals surface area contributed by atoms with Crippen LogP contribution in [0.15, 0.2) is 48.5 Å². The summed E-state index contributed by atoms with van der Waals surface area (Å²) in [5.41, 5.74) is 1.01. The van der Waals surface area contributed by atoms with Crippen LogP contribution in [0.1, 0.15) is 18.4 Å². The van der Waals surface area contributed by atoms with Gasteiger partial charge >= 0.3 is 0 Å². The topological polar surface area (TPSA) is 42.4 Å². The van der Waals surface area contributed by atoms with E-state index in [2.05, 4.69) is 4.98 Å². The highest BCUT2D eigenvalue weighted by molar-refractivity contribution is 7.22. The van der Waals surface area contributed by atoms with Gasteiger partial charge in [0.25, 0.3) is 0 Å². The zero-order valence-electron chi connectivity index (χ0n) is 14.4. The number of ether oxygens (including phenoxy) is 1. The van der Waals surface area contributed by atoms with E-state index in [1.54, 1.807) is 24.1 Å². The number of hydrogen-bond donors (Lipinski definition) is 0. The van der Waals surface area contributed by atoms with Crippen LogP contribution in [0.4, 0.5) is 9.52 Å². The van der Waals surface area contributed by atoms with Gasteiger partial charge in [-0.1, -0.05) is 35.6 Å². The molecule has 0 bridgehead atoms. The molecular weight excluding hydrogens is 351 g/mol.